The van der Waals surface area contributed by atoms with Gasteiger partial charge in [-0.2, -0.15) is 0 Å². The number of halogens is 1. The second kappa shape index (κ2) is 8.64. The fraction of sp³-hybridized carbons (Fsp3) is 0.263. The van der Waals surface area contributed by atoms with E-state index in [1.165, 1.54) is 6.92 Å². The van der Waals surface area contributed by atoms with E-state index in [-0.39, 0.29) is 11.8 Å². The van der Waals surface area contributed by atoms with E-state index in [0.717, 1.165) is 21.3 Å². The Kier molecular flexibility index (Phi) is 6.55. The van der Waals surface area contributed by atoms with Crippen LogP contribution in [0.25, 0.3) is 0 Å². The molecule has 5 heteroatoms. The van der Waals surface area contributed by atoms with E-state index >= 15 is 0 Å². The summed E-state index contributed by atoms with van der Waals surface area (Å²) in [6.45, 7) is 4.37. The molecular weight excluding hydrogens is 368 g/mol. The molecule has 2 rings (SSSR count). The van der Waals surface area contributed by atoms with Crippen molar-refractivity contribution in [1.82, 2.24) is 5.32 Å². The summed E-state index contributed by atoms with van der Waals surface area (Å²) >= 11 is 3.46. The quantitative estimate of drug-likeness (QED) is 0.823. The van der Waals surface area contributed by atoms with E-state index in [1.54, 1.807) is 4.90 Å². The number of aryl methyl sites for hydroxylation is 1. The highest BCUT2D eigenvalue weighted by atomic mass is 79.9. The molecular formula is C19H21BrN2O2. The minimum Gasteiger partial charge on any atom is -0.354 e. The molecule has 0 aromatic heterocycles. The molecule has 1 N–H and O–H groups in total. The van der Waals surface area contributed by atoms with Gasteiger partial charge in [-0.1, -0.05) is 46.3 Å². The monoisotopic (exact) mass is 388 g/mol. The zero-order valence-electron chi connectivity index (χ0n) is 13.9. The highest BCUT2D eigenvalue weighted by Crippen LogP contribution is 2.22. The van der Waals surface area contributed by atoms with Crippen LogP contribution in [-0.4, -0.2) is 24.9 Å². The van der Waals surface area contributed by atoms with E-state index in [4.69, 9.17) is 0 Å². The summed E-state index contributed by atoms with van der Waals surface area (Å²) < 4.78 is 1.01. The van der Waals surface area contributed by atoms with Gasteiger partial charge in [0.2, 0.25) is 11.8 Å². The predicted octanol–water partition coefficient (Wildman–Crippen LogP) is 3.47. The molecule has 24 heavy (non-hydrogen) atoms. The summed E-state index contributed by atoms with van der Waals surface area (Å²) in [6, 6.07) is 15.4. The van der Waals surface area contributed by atoms with Crippen LogP contribution < -0.4 is 10.2 Å². The topological polar surface area (TPSA) is 49.4 Å². The van der Waals surface area contributed by atoms with Crippen LogP contribution in [0.3, 0.4) is 0 Å². The number of nitrogens with one attached hydrogen (secondary N) is 1. The largest absolute Gasteiger partial charge is 0.354 e. The summed E-state index contributed by atoms with van der Waals surface area (Å²) in [5, 5.41) is 2.87. The van der Waals surface area contributed by atoms with Crippen molar-refractivity contribution < 1.29 is 9.59 Å². The predicted molar refractivity (Wildman–Crippen MR) is 100 cm³/mol. The van der Waals surface area contributed by atoms with Gasteiger partial charge < -0.3 is 10.2 Å². The number of anilines is 1. The normalized spacial score (nSPS) is 10.3. The van der Waals surface area contributed by atoms with Gasteiger partial charge >= 0.3 is 0 Å². The van der Waals surface area contributed by atoms with Gasteiger partial charge in [0.1, 0.15) is 0 Å². The summed E-state index contributed by atoms with van der Waals surface area (Å²) in [7, 11) is 0. The molecule has 0 saturated heterocycles. The fourth-order valence-corrected chi connectivity index (χ4v) is 2.66. The third kappa shape index (κ3) is 5.20. The Morgan fingerprint density at radius 2 is 1.83 bits per heavy atom. The molecule has 0 unspecified atom stereocenters. The number of benzene rings is 2. The van der Waals surface area contributed by atoms with Crippen molar-refractivity contribution in [2.24, 2.45) is 0 Å². The maximum absolute atomic E-state index is 12.0. The number of amides is 2. The van der Waals surface area contributed by atoms with Crippen LogP contribution in [0.15, 0.2) is 53.0 Å². The van der Waals surface area contributed by atoms with E-state index in [9.17, 15) is 9.59 Å². The average Bonchev–Trinajstić information content (AvgIpc) is 2.55. The first-order valence-electron chi connectivity index (χ1n) is 7.82. The second-order valence-electron chi connectivity index (χ2n) is 5.62. The molecule has 0 saturated carbocycles. The molecule has 126 valence electrons. The molecule has 0 aliphatic carbocycles. The average molecular weight is 389 g/mol. The Bertz CT molecular complexity index is 717. The van der Waals surface area contributed by atoms with Gasteiger partial charge in [-0.3, -0.25) is 9.59 Å². The van der Waals surface area contributed by atoms with Gasteiger partial charge in [-0.05, 0) is 36.2 Å². The number of hydrogen-bond acceptors (Lipinski definition) is 2. The minimum atomic E-state index is -0.0472. The van der Waals surface area contributed by atoms with Crippen LogP contribution in [0.2, 0.25) is 0 Å². The Morgan fingerprint density at radius 1 is 1.12 bits per heavy atom. The Morgan fingerprint density at radius 3 is 2.46 bits per heavy atom. The van der Waals surface area contributed by atoms with Crippen LogP contribution >= 0.6 is 15.9 Å². The second-order valence-corrected chi connectivity index (χ2v) is 6.47. The number of hydrogen-bond donors (Lipinski definition) is 1. The van der Waals surface area contributed by atoms with Crippen molar-refractivity contribution >= 4 is 33.4 Å². The van der Waals surface area contributed by atoms with Crippen molar-refractivity contribution in [3.8, 4) is 0 Å². The number of nitrogens with zero attached hydrogens (tertiary/aromatic N) is 1. The minimum absolute atomic E-state index is 0.0447. The zero-order valence-corrected chi connectivity index (χ0v) is 15.5. The van der Waals surface area contributed by atoms with Gasteiger partial charge in [0.05, 0.1) is 6.42 Å². The van der Waals surface area contributed by atoms with Gasteiger partial charge in [0, 0.05) is 30.2 Å². The van der Waals surface area contributed by atoms with Gasteiger partial charge in [-0.25, -0.2) is 0 Å². The van der Waals surface area contributed by atoms with E-state index in [2.05, 4.69) is 21.2 Å². The molecule has 0 radical (unpaired) electrons. The number of rotatable bonds is 6. The lowest BCUT2D eigenvalue weighted by Gasteiger charge is -2.22. The van der Waals surface area contributed by atoms with E-state index < -0.39 is 0 Å². The van der Waals surface area contributed by atoms with Crippen molar-refractivity contribution in [2.75, 3.05) is 18.0 Å². The van der Waals surface area contributed by atoms with Crippen LogP contribution in [-0.2, 0) is 16.0 Å². The summed E-state index contributed by atoms with van der Waals surface area (Å²) in [4.78, 5) is 25.6. The van der Waals surface area contributed by atoms with Crippen LogP contribution in [0, 0.1) is 6.92 Å². The van der Waals surface area contributed by atoms with Crippen LogP contribution in [0.4, 0.5) is 5.69 Å². The molecule has 0 aliphatic heterocycles. The maximum atomic E-state index is 12.0. The lowest BCUT2D eigenvalue weighted by atomic mass is 10.1. The van der Waals surface area contributed by atoms with Crippen molar-refractivity contribution in [3.05, 3.63) is 64.1 Å². The molecule has 4 nitrogen and oxygen atoms in total. The fourth-order valence-electron chi connectivity index (χ4n) is 2.42. The SMILES string of the molecule is CC(=O)N(CCNC(=O)Cc1ccccc1)c1ccc(Br)c(C)c1. The van der Waals surface area contributed by atoms with Gasteiger partial charge in [-0.15, -0.1) is 0 Å². The van der Waals surface area contributed by atoms with Crippen molar-refractivity contribution in [3.63, 3.8) is 0 Å². The summed E-state index contributed by atoms with van der Waals surface area (Å²) in [5.41, 5.74) is 2.87. The maximum Gasteiger partial charge on any atom is 0.224 e. The Labute approximate surface area is 151 Å². The van der Waals surface area contributed by atoms with E-state index in [0.29, 0.717) is 19.5 Å². The summed E-state index contributed by atoms with van der Waals surface area (Å²) in [6.07, 6.45) is 0.346. The molecule has 2 aromatic rings. The third-order valence-electron chi connectivity index (χ3n) is 3.70. The smallest absolute Gasteiger partial charge is 0.224 e. The number of carbonyl (C=O) groups is 2. The first-order valence-corrected chi connectivity index (χ1v) is 8.61. The van der Waals surface area contributed by atoms with Gasteiger partial charge in [0.15, 0.2) is 0 Å². The lowest BCUT2D eigenvalue weighted by molar-refractivity contribution is -0.121. The zero-order chi connectivity index (χ0) is 17.5. The highest BCUT2D eigenvalue weighted by molar-refractivity contribution is 9.10. The molecule has 2 amide bonds. The van der Waals surface area contributed by atoms with Crippen molar-refractivity contribution in [1.29, 1.82) is 0 Å². The van der Waals surface area contributed by atoms with E-state index in [1.807, 2.05) is 55.5 Å². The molecule has 0 spiro atoms. The first kappa shape index (κ1) is 18.2. The summed E-state index contributed by atoms with van der Waals surface area (Å²) in [5.74, 6) is -0.0919. The highest BCUT2D eigenvalue weighted by Gasteiger charge is 2.12. The molecule has 0 atom stereocenters. The Balaban J connectivity index is 1.91. The number of carbonyl (C=O) groups excluding carboxylic acids is 2. The molecule has 0 heterocycles. The molecule has 0 fully saturated rings. The molecule has 2 aromatic carbocycles. The van der Waals surface area contributed by atoms with Crippen LogP contribution in [0.5, 0.6) is 0 Å². The molecule has 0 bridgehead atoms. The van der Waals surface area contributed by atoms with Crippen molar-refractivity contribution in [2.45, 2.75) is 20.3 Å². The van der Waals surface area contributed by atoms with Gasteiger partial charge in [0.25, 0.3) is 0 Å². The lowest BCUT2D eigenvalue weighted by Crippen LogP contribution is -2.38. The standard InChI is InChI=1S/C19H21BrN2O2/c1-14-12-17(8-9-18(14)20)22(15(2)23)11-10-21-19(24)13-16-6-4-3-5-7-16/h3-9,12H,10-11,13H2,1-2H3,(H,21,24). The third-order valence-corrected chi connectivity index (χ3v) is 4.59. The Hall–Kier alpha value is -2.14. The van der Waals surface area contributed by atoms with Crippen LogP contribution in [0.1, 0.15) is 18.1 Å². The first-order chi connectivity index (χ1) is 11.5. The molecule has 0 aliphatic rings.